The number of hydrogen-bond acceptors (Lipinski definition) is 5. The number of anilines is 2. The number of aryl methyl sites for hydroxylation is 2. The van der Waals surface area contributed by atoms with Gasteiger partial charge in [0.15, 0.2) is 5.13 Å². The lowest BCUT2D eigenvalue weighted by Crippen LogP contribution is -2.22. The Morgan fingerprint density at radius 1 is 1.17 bits per heavy atom. The van der Waals surface area contributed by atoms with E-state index >= 15 is 0 Å². The third-order valence-electron chi connectivity index (χ3n) is 4.46. The second-order valence-electron chi connectivity index (χ2n) is 6.85. The maximum atomic E-state index is 12.2. The number of esters is 1. The van der Waals surface area contributed by atoms with Gasteiger partial charge in [0.25, 0.3) is 0 Å². The SMILES string of the molecule is CCc1ccc(N(C(C)=O)c2nc(COC(=O)/C=C/c3cccc(C)c3)cs2)cc1. The number of thiazole rings is 1. The molecule has 0 atom stereocenters. The molecule has 5 nitrogen and oxygen atoms in total. The van der Waals surface area contributed by atoms with E-state index in [-0.39, 0.29) is 12.5 Å². The number of rotatable bonds is 7. The third kappa shape index (κ3) is 5.64. The van der Waals surface area contributed by atoms with Crippen LogP contribution >= 0.6 is 11.3 Å². The van der Waals surface area contributed by atoms with Crippen molar-refractivity contribution < 1.29 is 14.3 Å². The van der Waals surface area contributed by atoms with Crippen LogP contribution in [0.25, 0.3) is 6.08 Å². The standard InChI is InChI=1S/C24H24N2O3S/c1-4-19-8-11-22(12-9-19)26(18(3)27)24-25-21(16-30-24)15-29-23(28)13-10-20-7-5-6-17(2)14-20/h5-14,16H,4,15H2,1-3H3/b13-10+. The first kappa shape index (κ1) is 21.5. The van der Waals surface area contributed by atoms with Gasteiger partial charge >= 0.3 is 5.97 Å². The molecule has 0 spiro atoms. The Labute approximate surface area is 180 Å². The first-order valence-electron chi connectivity index (χ1n) is 9.72. The van der Waals surface area contributed by atoms with Crippen LogP contribution in [0.15, 0.2) is 60.0 Å². The summed E-state index contributed by atoms with van der Waals surface area (Å²) in [5.41, 5.74) is 4.63. The molecule has 0 saturated carbocycles. The van der Waals surface area contributed by atoms with Crippen molar-refractivity contribution in [3.05, 3.63) is 82.4 Å². The Hall–Kier alpha value is -3.25. The van der Waals surface area contributed by atoms with Crippen molar-refractivity contribution in [1.29, 1.82) is 0 Å². The highest BCUT2D eigenvalue weighted by Crippen LogP contribution is 2.29. The Bertz CT molecular complexity index is 1050. The van der Waals surface area contributed by atoms with Gasteiger partial charge in [-0.1, -0.05) is 48.9 Å². The van der Waals surface area contributed by atoms with E-state index in [2.05, 4.69) is 11.9 Å². The normalized spacial score (nSPS) is 10.9. The van der Waals surface area contributed by atoms with E-state index in [4.69, 9.17) is 4.74 Å². The highest BCUT2D eigenvalue weighted by Gasteiger charge is 2.18. The summed E-state index contributed by atoms with van der Waals surface area (Å²) in [6.07, 6.45) is 4.06. The van der Waals surface area contributed by atoms with Gasteiger partial charge in [0.1, 0.15) is 6.61 Å². The van der Waals surface area contributed by atoms with Crippen LogP contribution in [0.2, 0.25) is 0 Å². The first-order valence-corrected chi connectivity index (χ1v) is 10.6. The van der Waals surface area contributed by atoms with E-state index in [0.717, 1.165) is 23.2 Å². The molecule has 0 N–H and O–H groups in total. The molecule has 0 bridgehead atoms. The van der Waals surface area contributed by atoms with Crippen LogP contribution in [0.4, 0.5) is 10.8 Å². The van der Waals surface area contributed by atoms with E-state index in [1.54, 1.807) is 16.4 Å². The fourth-order valence-corrected chi connectivity index (χ4v) is 3.78. The summed E-state index contributed by atoms with van der Waals surface area (Å²) in [6, 6.07) is 15.7. The maximum absolute atomic E-state index is 12.2. The summed E-state index contributed by atoms with van der Waals surface area (Å²) in [6.45, 7) is 5.64. The molecule has 2 aromatic carbocycles. The zero-order chi connectivity index (χ0) is 21.5. The maximum Gasteiger partial charge on any atom is 0.331 e. The van der Waals surface area contributed by atoms with Crippen molar-refractivity contribution in [2.45, 2.75) is 33.8 Å². The van der Waals surface area contributed by atoms with E-state index in [9.17, 15) is 9.59 Å². The van der Waals surface area contributed by atoms with Gasteiger partial charge in [0.2, 0.25) is 5.91 Å². The van der Waals surface area contributed by atoms with E-state index < -0.39 is 5.97 Å². The molecule has 0 saturated heterocycles. The Balaban J connectivity index is 1.64. The average molecular weight is 421 g/mol. The van der Waals surface area contributed by atoms with Crippen LogP contribution in [0.1, 0.15) is 36.2 Å². The quantitative estimate of drug-likeness (QED) is 0.376. The second-order valence-corrected chi connectivity index (χ2v) is 7.69. The molecule has 3 rings (SSSR count). The zero-order valence-corrected chi connectivity index (χ0v) is 18.1. The summed E-state index contributed by atoms with van der Waals surface area (Å²) in [5.74, 6) is -0.567. The van der Waals surface area contributed by atoms with Gasteiger partial charge in [0, 0.05) is 18.4 Å². The number of aromatic nitrogens is 1. The van der Waals surface area contributed by atoms with Crippen molar-refractivity contribution >= 4 is 40.1 Å². The van der Waals surface area contributed by atoms with Gasteiger partial charge in [-0.2, -0.15) is 0 Å². The van der Waals surface area contributed by atoms with E-state index in [1.165, 1.54) is 29.9 Å². The summed E-state index contributed by atoms with van der Waals surface area (Å²) in [5, 5.41) is 2.34. The number of carbonyl (C=O) groups is 2. The number of amides is 1. The molecule has 0 aliphatic carbocycles. The number of hydrogen-bond donors (Lipinski definition) is 0. The van der Waals surface area contributed by atoms with Crippen molar-refractivity contribution in [1.82, 2.24) is 4.98 Å². The van der Waals surface area contributed by atoms with Gasteiger partial charge in [0.05, 0.1) is 11.4 Å². The van der Waals surface area contributed by atoms with E-state index in [0.29, 0.717) is 10.8 Å². The summed E-state index contributed by atoms with van der Waals surface area (Å²) in [7, 11) is 0. The topological polar surface area (TPSA) is 59.5 Å². The zero-order valence-electron chi connectivity index (χ0n) is 17.3. The molecule has 0 aliphatic rings. The van der Waals surface area contributed by atoms with Gasteiger partial charge in [-0.05, 0) is 42.7 Å². The van der Waals surface area contributed by atoms with Gasteiger partial charge in [-0.15, -0.1) is 11.3 Å². The lowest BCUT2D eigenvalue weighted by molar-refractivity contribution is -0.139. The Morgan fingerprint density at radius 2 is 1.93 bits per heavy atom. The molecule has 3 aromatic rings. The van der Waals surface area contributed by atoms with Crippen LogP contribution < -0.4 is 4.90 Å². The highest BCUT2D eigenvalue weighted by molar-refractivity contribution is 7.14. The number of carbonyl (C=O) groups excluding carboxylic acids is 2. The van der Waals surface area contributed by atoms with Gasteiger partial charge in [-0.25, -0.2) is 9.78 Å². The monoisotopic (exact) mass is 420 g/mol. The van der Waals surface area contributed by atoms with Crippen molar-refractivity contribution in [3.8, 4) is 0 Å². The van der Waals surface area contributed by atoms with Gasteiger partial charge in [-0.3, -0.25) is 9.69 Å². The van der Waals surface area contributed by atoms with Crippen LogP contribution in [0.3, 0.4) is 0 Å². The van der Waals surface area contributed by atoms with E-state index in [1.807, 2.05) is 55.5 Å². The Morgan fingerprint density at radius 3 is 2.60 bits per heavy atom. The summed E-state index contributed by atoms with van der Waals surface area (Å²) >= 11 is 1.34. The molecule has 0 radical (unpaired) electrons. The van der Waals surface area contributed by atoms with Gasteiger partial charge < -0.3 is 4.74 Å². The second kappa shape index (κ2) is 9.98. The molecule has 1 amide bonds. The fraction of sp³-hybridized carbons (Fsp3) is 0.208. The number of nitrogens with zero attached hydrogens (tertiary/aromatic N) is 2. The Kier molecular flexibility index (Phi) is 7.14. The highest BCUT2D eigenvalue weighted by atomic mass is 32.1. The molecular weight excluding hydrogens is 396 g/mol. The molecule has 0 fully saturated rings. The molecule has 30 heavy (non-hydrogen) atoms. The van der Waals surface area contributed by atoms with Crippen LogP contribution in [-0.2, 0) is 27.4 Å². The largest absolute Gasteiger partial charge is 0.456 e. The molecule has 154 valence electrons. The molecule has 1 aromatic heterocycles. The van der Waals surface area contributed by atoms with Crippen LogP contribution in [0, 0.1) is 6.92 Å². The molecule has 0 unspecified atom stereocenters. The minimum atomic E-state index is -0.440. The van der Waals surface area contributed by atoms with Crippen molar-refractivity contribution in [3.63, 3.8) is 0 Å². The van der Waals surface area contributed by atoms with Crippen LogP contribution in [-0.4, -0.2) is 16.9 Å². The lowest BCUT2D eigenvalue weighted by Gasteiger charge is -2.18. The molecule has 0 aliphatic heterocycles. The van der Waals surface area contributed by atoms with Crippen LogP contribution in [0.5, 0.6) is 0 Å². The lowest BCUT2D eigenvalue weighted by atomic mass is 10.1. The number of benzene rings is 2. The molecule has 6 heteroatoms. The summed E-state index contributed by atoms with van der Waals surface area (Å²) in [4.78, 5) is 30.3. The minimum Gasteiger partial charge on any atom is -0.456 e. The minimum absolute atomic E-state index is 0.0496. The average Bonchev–Trinajstić information content (AvgIpc) is 3.19. The first-order chi connectivity index (χ1) is 14.5. The predicted molar refractivity (Wildman–Crippen MR) is 121 cm³/mol. The third-order valence-corrected chi connectivity index (χ3v) is 5.34. The molecular formula is C24H24N2O3S. The number of ether oxygens (including phenoxy) is 1. The predicted octanol–water partition coefficient (Wildman–Crippen LogP) is 5.46. The van der Waals surface area contributed by atoms with Crippen molar-refractivity contribution in [2.24, 2.45) is 0 Å². The fourth-order valence-electron chi connectivity index (χ4n) is 2.90. The molecule has 1 heterocycles. The smallest absolute Gasteiger partial charge is 0.331 e. The van der Waals surface area contributed by atoms with Crippen molar-refractivity contribution in [2.75, 3.05) is 4.90 Å². The summed E-state index contributed by atoms with van der Waals surface area (Å²) < 4.78 is 5.28.